The standard InChI is InChI=1S/C44H54N8O5/c1-27-30(7-4-9-32(27)46-40(54)34-23-38-37(11-6-19-52(38)48-34)51-21-12-29(53)24-51)31-8-5-10-33(28(31)2)47-41(55)39-45-35-25-50(20-13-36(35)49(39)3)22-18-43-14-16-44(26-43,17-15-43)42(56)57/h4-5,7-10,23,29,37,53H,6,11-22,24-26H2,1-3H3,(H,46,54)(H,47,55)(H,56,57)/t29-,37?,43?,44?/m1/s1. The summed E-state index contributed by atoms with van der Waals surface area (Å²) in [6, 6.07) is 13.8. The molecule has 1 unspecified atom stereocenters. The number of benzene rings is 2. The number of hydrogen-bond acceptors (Lipinski definition) is 8. The minimum atomic E-state index is -0.616. The van der Waals surface area contributed by atoms with Crippen LogP contribution < -0.4 is 10.6 Å². The predicted octanol–water partition coefficient (Wildman–Crippen LogP) is 6.09. The van der Waals surface area contributed by atoms with Crippen molar-refractivity contribution in [3.63, 3.8) is 0 Å². The van der Waals surface area contributed by atoms with E-state index in [2.05, 4.69) is 20.4 Å². The second-order valence-corrected chi connectivity index (χ2v) is 17.6. The molecule has 1 saturated heterocycles. The van der Waals surface area contributed by atoms with Crippen molar-refractivity contribution in [2.45, 2.75) is 103 Å². The molecule has 2 aliphatic carbocycles. The number of carboxylic acids is 1. The maximum Gasteiger partial charge on any atom is 0.309 e. The molecule has 5 heterocycles. The number of anilines is 2. The molecule has 300 valence electrons. The van der Waals surface area contributed by atoms with E-state index in [9.17, 15) is 24.6 Å². The quantitative estimate of drug-likeness (QED) is 0.150. The molecule has 0 spiro atoms. The number of aliphatic carboxylic acids is 1. The highest BCUT2D eigenvalue weighted by atomic mass is 16.4. The molecule has 57 heavy (non-hydrogen) atoms. The maximum atomic E-state index is 13.8. The first-order valence-electron chi connectivity index (χ1n) is 20.7. The van der Waals surface area contributed by atoms with Gasteiger partial charge in [-0.25, -0.2) is 4.98 Å². The fraction of sp³-hybridized carbons (Fsp3) is 0.523. The number of fused-ring (bicyclic) bond motifs is 4. The van der Waals surface area contributed by atoms with Gasteiger partial charge in [0.1, 0.15) is 0 Å². The molecule has 2 atom stereocenters. The van der Waals surface area contributed by atoms with E-state index >= 15 is 0 Å². The summed E-state index contributed by atoms with van der Waals surface area (Å²) in [5, 5.41) is 30.9. The van der Waals surface area contributed by atoms with Gasteiger partial charge in [-0.05, 0) is 124 Å². The van der Waals surface area contributed by atoms with Crippen LogP contribution in [0.15, 0.2) is 42.5 Å². The molecule has 13 heteroatoms. The molecule has 0 radical (unpaired) electrons. The van der Waals surface area contributed by atoms with Crippen molar-refractivity contribution >= 4 is 29.2 Å². The van der Waals surface area contributed by atoms with Crippen molar-refractivity contribution in [1.82, 2.24) is 29.1 Å². The van der Waals surface area contributed by atoms with Crippen LogP contribution in [0.5, 0.6) is 0 Å². The van der Waals surface area contributed by atoms with Crippen molar-refractivity contribution < 1.29 is 24.6 Å². The minimum Gasteiger partial charge on any atom is -0.481 e. The number of β-amino-alcohol motifs (C(OH)–C–C–N with tert-alkyl or cyclic N) is 1. The van der Waals surface area contributed by atoms with Crippen LogP contribution in [0.1, 0.15) is 113 Å². The number of hydrogen-bond donors (Lipinski definition) is 4. The third kappa shape index (κ3) is 6.76. The number of imidazole rings is 1. The zero-order chi connectivity index (χ0) is 39.6. The Morgan fingerprint density at radius 3 is 2.26 bits per heavy atom. The summed E-state index contributed by atoms with van der Waals surface area (Å²) in [7, 11) is 1.92. The second-order valence-electron chi connectivity index (χ2n) is 17.6. The molecule has 2 bridgehead atoms. The normalized spacial score (nSPS) is 25.7. The zero-order valence-corrected chi connectivity index (χ0v) is 33.3. The van der Waals surface area contributed by atoms with E-state index in [1.54, 1.807) is 0 Å². The number of rotatable bonds is 10. The van der Waals surface area contributed by atoms with E-state index in [0.29, 0.717) is 36.0 Å². The lowest BCUT2D eigenvalue weighted by atomic mass is 9.80. The van der Waals surface area contributed by atoms with E-state index in [1.807, 2.05) is 72.6 Å². The molecule has 9 rings (SSSR count). The van der Waals surface area contributed by atoms with Gasteiger partial charge >= 0.3 is 5.97 Å². The second kappa shape index (κ2) is 14.5. The number of aliphatic hydroxyl groups excluding tert-OH is 1. The van der Waals surface area contributed by atoms with Gasteiger partial charge in [0.05, 0.1) is 28.9 Å². The topological polar surface area (TPSA) is 158 Å². The Kier molecular flexibility index (Phi) is 9.60. The smallest absolute Gasteiger partial charge is 0.309 e. The first kappa shape index (κ1) is 37.7. The number of carbonyl (C=O) groups is 3. The number of nitrogens with zero attached hydrogens (tertiary/aromatic N) is 6. The Hall–Kier alpha value is -4.85. The van der Waals surface area contributed by atoms with Gasteiger partial charge in [-0.2, -0.15) is 5.10 Å². The van der Waals surface area contributed by atoms with Crippen LogP contribution in [0.25, 0.3) is 11.1 Å². The number of likely N-dealkylation sites (tertiary alicyclic amines) is 1. The van der Waals surface area contributed by atoms with Crippen molar-refractivity contribution in [2.24, 2.45) is 17.9 Å². The lowest BCUT2D eigenvalue weighted by molar-refractivity contribution is -0.148. The minimum absolute atomic E-state index is 0.151. The summed E-state index contributed by atoms with van der Waals surface area (Å²) >= 11 is 0. The van der Waals surface area contributed by atoms with Crippen LogP contribution in [0.4, 0.5) is 11.4 Å². The van der Waals surface area contributed by atoms with Crippen LogP contribution in [0.3, 0.4) is 0 Å². The number of carboxylic acid groups (broad SMARTS) is 1. The fourth-order valence-electron chi connectivity index (χ4n) is 10.8. The van der Waals surface area contributed by atoms with Crippen LogP contribution in [0, 0.1) is 24.7 Å². The van der Waals surface area contributed by atoms with Crippen LogP contribution >= 0.6 is 0 Å². The van der Waals surface area contributed by atoms with Gasteiger partial charge in [-0.15, -0.1) is 0 Å². The molecule has 4 N–H and O–H groups in total. The summed E-state index contributed by atoms with van der Waals surface area (Å²) in [5.41, 5.74) is 8.22. The van der Waals surface area contributed by atoms with Crippen LogP contribution in [-0.4, -0.2) is 89.4 Å². The SMILES string of the molecule is Cc1c(NC(=O)c2cc3n(n2)CCCC3N2CC[C@@H](O)C2)cccc1-c1cccc(NC(=O)c2nc3c(n2C)CCN(CCC24CCC(C(=O)O)(CC2)C4)C3)c1C. The number of amides is 2. The van der Waals surface area contributed by atoms with Gasteiger partial charge in [0.15, 0.2) is 11.5 Å². The number of aliphatic hydroxyl groups is 1. The average Bonchev–Trinajstić information content (AvgIpc) is 4.04. The van der Waals surface area contributed by atoms with Gasteiger partial charge in [0, 0.05) is 63.3 Å². The van der Waals surface area contributed by atoms with Crippen LogP contribution in [0.2, 0.25) is 0 Å². The highest BCUT2D eigenvalue weighted by molar-refractivity contribution is 6.05. The summed E-state index contributed by atoms with van der Waals surface area (Å²) < 4.78 is 3.88. The molecule has 2 amide bonds. The Bertz CT molecular complexity index is 2250. The lowest BCUT2D eigenvalue weighted by Crippen LogP contribution is -2.34. The molecule has 3 fully saturated rings. The Morgan fingerprint density at radius 1 is 0.912 bits per heavy atom. The van der Waals surface area contributed by atoms with Gasteiger partial charge in [-0.3, -0.25) is 28.9 Å². The molecule has 2 aromatic carbocycles. The van der Waals surface area contributed by atoms with Crippen molar-refractivity contribution in [3.05, 3.63) is 82.2 Å². The monoisotopic (exact) mass is 774 g/mol. The Labute approximate surface area is 333 Å². The van der Waals surface area contributed by atoms with Gasteiger partial charge in [0.2, 0.25) is 0 Å². The van der Waals surface area contributed by atoms with E-state index in [-0.39, 0.29) is 29.4 Å². The summed E-state index contributed by atoms with van der Waals surface area (Å²) in [5.74, 6) is -0.752. The predicted molar refractivity (Wildman–Crippen MR) is 216 cm³/mol. The molecule has 5 aliphatic rings. The van der Waals surface area contributed by atoms with Gasteiger partial charge < -0.3 is 25.4 Å². The number of nitrogens with one attached hydrogen (secondary N) is 2. The molecule has 3 aliphatic heterocycles. The fourth-order valence-corrected chi connectivity index (χ4v) is 10.8. The molecule has 13 nitrogen and oxygen atoms in total. The Morgan fingerprint density at radius 2 is 1.61 bits per heavy atom. The highest BCUT2D eigenvalue weighted by Gasteiger charge is 2.57. The zero-order valence-electron chi connectivity index (χ0n) is 33.3. The molecule has 4 aromatic rings. The van der Waals surface area contributed by atoms with E-state index in [4.69, 9.17) is 10.1 Å². The molecular formula is C44H54N8O5. The van der Waals surface area contributed by atoms with Crippen molar-refractivity contribution in [3.8, 4) is 11.1 Å². The first-order valence-corrected chi connectivity index (χ1v) is 20.7. The first-order chi connectivity index (χ1) is 27.4. The number of aromatic nitrogens is 4. The maximum absolute atomic E-state index is 13.8. The number of carbonyl (C=O) groups excluding carboxylic acids is 2. The van der Waals surface area contributed by atoms with E-state index in [1.165, 1.54) is 0 Å². The summed E-state index contributed by atoms with van der Waals surface area (Å²) in [6.45, 7) is 8.76. The summed E-state index contributed by atoms with van der Waals surface area (Å²) in [6.07, 6.45) is 8.71. The van der Waals surface area contributed by atoms with E-state index < -0.39 is 11.4 Å². The molecule has 2 aromatic heterocycles. The number of aryl methyl sites for hydroxylation is 1. The third-order valence-electron chi connectivity index (χ3n) is 14.3. The Balaban J connectivity index is 0.868. The van der Waals surface area contributed by atoms with Crippen molar-refractivity contribution in [2.75, 3.05) is 36.8 Å². The molecule has 2 saturated carbocycles. The average molecular weight is 775 g/mol. The van der Waals surface area contributed by atoms with Gasteiger partial charge in [0.25, 0.3) is 11.8 Å². The van der Waals surface area contributed by atoms with E-state index in [0.717, 1.165) is 130 Å². The third-order valence-corrected chi connectivity index (χ3v) is 14.3. The largest absolute Gasteiger partial charge is 0.481 e. The van der Waals surface area contributed by atoms with Gasteiger partial charge in [-0.1, -0.05) is 24.3 Å². The summed E-state index contributed by atoms with van der Waals surface area (Å²) in [4.78, 5) is 49.0. The van der Waals surface area contributed by atoms with Crippen molar-refractivity contribution in [1.29, 1.82) is 0 Å². The lowest BCUT2D eigenvalue weighted by Gasteiger charge is -2.32. The highest BCUT2D eigenvalue weighted by Crippen LogP contribution is 2.63. The van der Waals surface area contributed by atoms with Crippen LogP contribution in [-0.2, 0) is 31.4 Å². The molecular weight excluding hydrogens is 721 g/mol.